The number of carbonyl (C=O) groups excluding carboxylic acids is 1. The summed E-state index contributed by atoms with van der Waals surface area (Å²) in [6, 6.07) is 7.93. The van der Waals surface area contributed by atoms with E-state index in [1.165, 1.54) is 37.9 Å². The van der Waals surface area contributed by atoms with Gasteiger partial charge in [-0.25, -0.2) is 4.98 Å². The predicted molar refractivity (Wildman–Crippen MR) is 105 cm³/mol. The molecule has 0 bridgehead atoms. The highest BCUT2D eigenvalue weighted by Crippen LogP contribution is 2.16. The fourth-order valence-corrected chi connectivity index (χ4v) is 4.01. The minimum atomic E-state index is 0.0355. The molecule has 0 aliphatic carbocycles. The number of carbonyl (C=O) groups is 1. The Morgan fingerprint density at radius 3 is 2.73 bits per heavy atom. The van der Waals surface area contributed by atoms with E-state index >= 15 is 0 Å². The fraction of sp³-hybridized carbons (Fsp3) is 0.500. The first-order chi connectivity index (χ1) is 12.7. The van der Waals surface area contributed by atoms with Crippen molar-refractivity contribution >= 4 is 17.2 Å². The van der Waals surface area contributed by atoms with Gasteiger partial charge in [0.05, 0.1) is 25.8 Å². The van der Waals surface area contributed by atoms with E-state index in [1.807, 2.05) is 29.6 Å². The lowest BCUT2D eigenvalue weighted by molar-refractivity contribution is -0.120. The molecule has 0 radical (unpaired) electrons. The molecule has 2 aromatic rings. The topological polar surface area (TPSA) is 54.5 Å². The summed E-state index contributed by atoms with van der Waals surface area (Å²) < 4.78 is 5.15. The SMILES string of the molecule is COc1ccc(CCNC(=O)Cc2csc(CN3CCCCC3)n2)cc1. The van der Waals surface area contributed by atoms with Gasteiger partial charge >= 0.3 is 0 Å². The van der Waals surface area contributed by atoms with Gasteiger partial charge in [-0.15, -0.1) is 11.3 Å². The zero-order valence-electron chi connectivity index (χ0n) is 15.4. The average molecular weight is 374 g/mol. The molecule has 3 rings (SSSR count). The summed E-state index contributed by atoms with van der Waals surface area (Å²) in [4.78, 5) is 19.2. The zero-order chi connectivity index (χ0) is 18.2. The molecule has 1 aromatic carbocycles. The molecule has 1 aromatic heterocycles. The molecule has 1 amide bonds. The number of thiazole rings is 1. The Morgan fingerprint density at radius 2 is 2.00 bits per heavy atom. The number of amides is 1. The van der Waals surface area contributed by atoms with Crippen LogP contribution in [0.3, 0.4) is 0 Å². The van der Waals surface area contributed by atoms with Gasteiger partial charge in [-0.1, -0.05) is 18.6 Å². The van der Waals surface area contributed by atoms with E-state index in [1.54, 1.807) is 18.4 Å². The molecule has 2 heterocycles. The van der Waals surface area contributed by atoms with Crippen molar-refractivity contribution in [1.82, 2.24) is 15.2 Å². The predicted octanol–water partition coefficient (Wildman–Crippen LogP) is 3.04. The molecule has 0 unspecified atom stereocenters. The average Bonchev–Trinajstić information content (AvgIpc) is 3.10. The van der Waals surface area contributed by atoms with Gasteiger partial charge in [0, 0.05) is 11.9 Å². The molecule has 0 saturated carbocycles. The maximum atomic E-state index is 12.1. The van der Waals surface area contributed by atoms with E-state index in [9.17, 15) is 4.79 Å². The van der Waals surface area contributed by atoms with Crippen molar-refractivity contribution in [3.8, 4) is 5.75 Å². The third-order valence-electron chi connectivity index (χ3n) is 4.64. The van der Waals surface area contributed by atoms with E-state index in [0.717, 1.165) is 29.4 Å². The standard InChI is InChI=1S/C20H27N3O2S/c1-25-18-7-5-16(6-8-18)9-10-21-19(24)13-17-15-26-20(22-17)14-23-11-3-2-4-12-23/h5-8,15H,2-4,9-14H2,1H3,(H,21,24). The van der Waals surface area contributed by atoms with Crippen molar-refractivity contribution in [3.05, 3.63) is 45.9 Å². The Kier molecular flexibility index (Phi) is 7.03. The van der Waals surface area contributed by atoms with Gasteiger partial charge in [-0.05, 0) is 50.0 Å². The number of benzene rings is 1. The number of methoxy groups -OCH3 is 1. The first kappa shape index (κ1) is 18.9. The first-order valence-corrected chi connectivity index (χ1v) is 10.2. The second-order valence-corrected chi connectivity index (χ2v) is 7.64. The number of piperidine rings is 1. The molecule has 140 valence electrons. The van der Waals surface area contributed by atoms with Crippen LogP contribution in [0, 0.1) is 0 Å². The Morgan fingerprint density at radius 1 is 1.23 bits per heavy atom. The Balaban J connectivity index is 1.38. The number of hydrogen-bond acceptors (Lipinski definition) is 5. The number of nitrogens with zero attached hydrogens (tertiary/aromatic N) is 2. The molecule has 1 saturated heterocycles. The van der Waals surface area contributed by atoms with Gasteiger partial charge in [-0.2, -0.15) is 0 Å². The summed E-state index contributed by atoms with van der Waals surface area (Å²) in [6.07, 6.45) is 5.09. The van der Waals surface area contributed by atoms with Gasteiger partial charge in [0.25, 0.3) is 0 Å². The van der Waals surface area contributed by atoms with E-state index in [2.05, 4.69) is 15.2 Å². The summed E-state index contributed by atoms with van der Waals surface area (Å²) >= 11 is 1.66. The Bertz CT molecular complexity index is 693. The molecule has 1 aliphatic heterocycles. The number of rotatable bonds is 8. The Labute approximate surface area is 159 Å². The van der Waals surface area contributed by atoms with Gasteiger partial charge in [0.15, 0.2) is 0 Å². The van der Waals surface area contributed by atoms with Crippen molar-refractivity contribution in [1.29, 1.82) is 0 Å². The molecule has 26 heavy (non-hydrogen) atoms. The fourth-order valence-electron chi connectivity index (χ4n) is 3.18. The quantitative estimate of drug-likeness (QED) is 0.773. The van der Waals surface area contributed by atoms with E-state index in [-0.39, 0.29) is 5.91 Å². The lowest BCUT2D eigenvalue weighted by atomic mass is 10.1. The normalized spacial score (nSPS) is 15.0. The smallest absolute Gasteiger partial charge is 0.226 e. The summed E-state index contributed by atoms with van der Waals surface area (Å²) in [7, 11) is 1.66. The van der Waals surface area contributed by atoms with Crippen LogP contribution in [0.15, 0.2) is 29.6 Å². The number of nitrogens with one attached hydrogen (secondary N) is 1. The van der Waals surface area contributed by atoms with Crippen LogP contribution < -0.4 is 10.1 Å². The zero-order valence-corrected chi connectivity index (χ0v) is 16.2. The summed E-state index contributed by atoms with van der Waals surface area (Å²) in [5.41, 5.74) is 2.06. The van der Waals surface area contributed by atoms with Crippen molar-refractivity contribution in [2.75, 3.05) is 26.7 Å². The van der Waals surface area contributed by atoms with Crippen LogP contribution in [0.25, 0.3) is 0 Å². The van der Waals surface area contributed by atoms with Crippen LogP contribution in [-0.2, 0) is 24.2 Å². The molecular weight excluding hydrogens is 346 g/mol. The van der Waals surface area contributed by atoms with Crippen LogP contribution in [0.4, 0.5) is 0 Å². The van der Waals surface area contributed by atoms with Gasteiger partial charge in [0.2, 0.25) is 5.91 Å². The molecule has 0 atom stereocenters. The van der Waals surface area contributed by atoms with Crippen LogP contribution >= 0.6 is 11.3 Å². The van der Waals surface area contributed by atoms with Crippen molar-refractivity contribution < 1.29 is 9.53 Å². The van der Waals surface area contributed by atoms with Crippen LogP contribution in [-0.4, -0.2) is 42.5 Å². The van der Waals surface area contributed by atoms with Crippen LogP contribution in [0.2, 0.25) is 0 Å². The first-order valence-electron chi connectivity index (χ1n) is 9.28. The summed E-state index contributed by atoms with van der Waals surface area (Å²) in [5.74, 6) is 0.884. The van der Waals surface area contributed by atoms with Crippen LogP contribution in [0.1, 0.15) is 35.5 Å². The molecule has 6 heteroatoms. The van der Waals surface area contributed by atoms with Crippen molar-refractivity contribution in [2.24, 2.45) is 0 Å². The molecule has 1 fully saturated rings. The highest BCUT2D eigenvalue weighted by Gasteiger charge is 2.13. The van der Waals surface area contributed by atoms with Crippen LogP contribution in [0.5, 0.6) is 5.75 Å². The second kappa shape index (κ2) is 9.69. The lowest BCUT2D eigenvalue weighted by Crippen LogP contribution is -2.29. The maximum Gasteiger partial charge on any atom is 0.226 e. The largest absolute Gasteiger partial charge is 0.497 e. The summed E-state index contributed by atoms with van der Waals surface area (Å²) in [5, 5.41) is 6.12. The third-order valence-corrected chi connectivity index (χ3v) is 5.53. The molecular formula is C20H27N3O2S. The number of ether oxygens (including phenoxy) is 1. The molecule has 1 aliphatic rings. The van der Waals surface area contributed by atoms with Gasteiger partial charge in [-0.3, -0.25) is 9.69 Å². The minimum absolute atomic E-state index is 0.0355. The van der Waals surface area contributed by atoms with Crippen molar-refractivity contribution in [3.63, 3.8) is 0 Å². The highest BCUT2D eigenvalue weighted by molar-refractivity contribution is 7.09. The van der Waals surface area contributed by atoms with E-state index < -0.39 is 0 Å². The molecule has 0 spiro atoms. The van der Waals surface area contributed by atoms with E-state index in [4.69, 9.17) is 4.74 Å². The Hall–Kier alpha value is -1.92. The monoisotopic (exact) mass is 373 g/mol. The third kappa shape index (κ3) is 5.81. The number of hydrogen-bond donors (Lipinski definition) is 1. The van der Waals surface area contributed by atoms with Crippen molar-refractivity contribution in [2.45, 2.75) is 38.6 Å². The van der Waals surface area contributed by atoms with E-state index in [0.29, 0.717) is 13.0 Å². The van der Waals surface area contributed by atoms with Gasteiger partial charge in [0.1, 0.15) is 10.8 Å². The highest BCUT2D eigenvalue weighted by atomic mass is 32.1. The minimum Gasteiger partial charge on any atom is -0.497 e. The second-order valence-electron chi connectivity index (χ2n) is 6.69. The molecule has 5 nitrogen and oxygen atoms in total. The summed E-state index contributed by atoms with van der Waals surface area (Å²) in [6.45, 7) is 3.89. The lowest BCUT2D eigenvalue weighted by Gasteiger charge is -2.25. The van der Waals surface area contributed by atoms with Gasteiger partial charge < -0.3 is 10.1 Å². The molecule has 1 N–H and O–H groups in total. The maximum absolute atomic E-state index is 12.1. The number of aromatic nitrogens is 1. The number of likely N-dealkylation sites (tertiary alicyclic amines) is 1.